The lowest BCUT2D eigenvalue weighted by molar-refractivity contribution is -0.140. The zero-order valence-corrected chi connectivity index (χ0v) is 21.5. The molecule has 2 atom stereocenters. The Morgan fingerprint density at radius 1 is 1.10 bits per heavy atom. The van der Waals surface area contributed by atoms with E-state index >= 15 is 0 Å². The number of unbranched alkanes of at least 4 members (excludes halogenated alkanes) is 1. The molecule has 1 fully saturated rings. The van der Waals surface area contributed by atoms with Crippen LogP contribution in [0.1, 0.15) is 73.6 Å². The Kier molecular flexibility index (Phi) is 9.61. The first-order valence-electron chi connectivity index (χ1n) is 11.1. The third-order valence-corrected chi connectivity index (χ3v) is 10.4. The molecule has 1 saturated heterocycles. The first kappa shape index (κ1) is 26.7. The van der Waals surface area contributed by atoms with Crippen LogP contribution in [0.15, 0.2) is 12.2 Å². The molecular formula is C23H43NO5Si. The highest BCUT2D eigenvalue weighted by molar-refractivity contribution is 6.74. The summed E-state index contributed by atoms with van der Waals surface area (Å²) in [6, 6.07) is -0.0363. The van der Waals surface area contributed by atoms with Gasteiger partial charge in [0.1, 0.15) is 5.60 Å². The summed E-state index contributed by atoms with van der Waals surface area (Å²) in [5, 5.41) is 0.112. The van der Waals surface area contributed by atoms with Gasteiger partial charge in [-0.2, -0.15) is 0 Å². The van der Waals surface area contributed by atoms with E-state index in [1.54, 1.807) is 0 Å². The molecule has 0 aliphatic carbocycles. The number of esters is 1. The molecule has 0 bridgehead atoms. The van der Waals surface area contributed by atoms with Crippen LogP contribution in [0, 0.1) is 0 Å². The van der Waals surface area contributed by atoms with Gasteiger partial charge in [-0.25, -0.2) is 4.79 Å². The molecule has 1 unspecified atom stereocenters. The normalized spacial score (nSPS) is 20.6. The number of nitrogens with zero attached hydrogens (tertiary/aromatic N) is 1. The third kappa shape index (κ3) is 8.42. The van der Waals surface area contributed by atoms with Gasteiger partial charge in [0.25, 0.3) is 0 Å². The van der Waals surface area contributed by atoms with E-state index in [4.69, 9.17) is 9.16 Å². The number of allylic oxidation sites excluding steroid dienone is 1. The van der Waals surface area contributed by atoms with Gasteiger partial charge in [-0.3, -0.25) is 4.79 Å². The van der Waals surface area contributed by atoms with Gasteiger partial charge in [0, 0.05) is 13.0 Å². The number of likely N-dealkylation sites (tertiary alicyclic amines) is 1. The molecule has 0 spiro atoms. The highest BCUT2D eigenvalue weighted by Gasteiger charge is 2.45. The van der Waals surface area contributed by atoms with E-state index in [0.717, 1.165) is 25.7 Å². The van der Waals surface area contributed by atoms with E-state index in [-0.39, 0.29) is 29.2 Å². The predicted octanol–water partition coefficient (Wildman–Crippen LogP) is 5.68. The lowest BCUT2D eigenvalue weighted by Gasteiger charge is -2.40. The molecule has 0 saturated carbocycles. The number of carbonyl (C=O) groups excluding carboxylic acids is 2. The van der Waals surface area contributed by atoms with E-state index in [0.29, 0.717) is 13.0 Å². The van der Waals surface area contributed by atoms with Gasteiger partial charge in [0.2, 0.25) is 0 Å². The standard InChI is InChI=1S/C23H43NO5Si/c1-22(2,3)28-21(26)24-17-16-19(29-30(8,9)23(4,5)6)18(24)14-12-10-11-13-15-20(25)27-7/h10,12,18-19H,11,13-17H2,1-9H3/b12-10-/t18-,19?/m1/s1. The number of methoxy groups -OCH3 is 1. The molecule has 1 rings (SSSR count). The second-order valence-electron chi connectivity index (χ2n) is 10.6. The Balaban J connectivity index is 2.84. The Hall–Kier alpha value is -1.34. The highest BCUT2D eigenvalue weighted by Crippen LogP contribution is 2.40. The van der Waals surface area contributed by atoms with Crippen molar-refractivity contribution in [2.45, 2.75) is 110 Å². The van der Waals surface area contributed by atoms with Crippen molar-refractivity contribution >= 4 is 20.4 Å². The maximum atomic E-state index is 12.8. The van der Waals surface area contributed by atoms with Gasteiger partial charge in [0.05, 0.1) is 19.3 Å². The number of amides is 1. The summed E-state index contributed by atoms with van der Waals surface area (Å²) in [6.07, 6.45) is 7.46. The van der Waals surface area contributed by atoms with Crippen LogP contribution in [0.4, 0.5) is 4.79 Å². The maximum absolute atomic E-state index is 12.8. The van der Waals surface area contributed by atoms with Gasteiger partial charge in [-0.15, -0.1) is 0 Å². The van der Waals surface area contributed by atoms with Crippen molar-refractivity contribution in [1.29, 1.82) is 0 Å². The van der Waals surface area contributed by atoms with E-state index in [1.165, 1.54) is 7.11 Å². The first-order valence-corrected chi connectivity index (χ1v) is 14.0. The van der Waals surface area contributed by atoms with E-state index in [9.17, 15) is 9.59 Å². The van der Waals surface area contributed by atoms with Crippen LogP contribution < -0.4 is 0 Å². The average molecular weight is 442 g/mol. The fourth-order valence-electron chi connectivity index (χ4n) is 3.16. The number of hydrogen-bond donors (Lipinski definition) is 0. The first-order chi connectivity index (χ1) is 13.7. The molecule has 0 aromatic carbocycles. The van der Waals surface area contributed by atoms with Gasteiger partial charge in [-0.05, 0) is 64.6 Å². The van der Waals surface area contributed by atoms with Crippen molar-refractivity contribution < 1.29 is 23.5 Å². The van der Waals surface area contributed by atoms with Crippen LogP contribution in [-0.2, 0) is 18.7 Å². The Morgan fingerprint density at radius 2 is 1.73 bits per heavy atom. The summed E-state index contributed by atoms with van der Waals surface area (Å²) in [4.78, 5) is 25.9. The van der Waals surface area contributed by atoms with Crippen molar-refractivity contribution in [3.8, 4) is 0 Å². The number of carbonyl (C=O) groups is 2. The van der Waals surface area contributed by atoms with Gasteiger partial charge in [-0.1, -0.05) is 32.9 Å². The van der Waals surface area contributed by atoms with E-state index in [2.05, 4.69) is 50.8 Å². The van der Waals surface area contributed by atoms with Crippen LogP contribution in [0.25, 0.3) is 0 Å². The molecule has 1 amide bonds. The zero-order chi connectivity index (χ0) is 23.2. The van der Waals surface area contributed by atoms with Crippen LogP contribution in [0.3, 0.4) is 0 Å². The SMILES string of the molecule is COC(=O)CCC/C=C\C[C@@H]1C(O[Si](C)(C)C(C)(C)C)CCN1C(=O)OC(C)(C)C. The molecule has 0 aromatic rings. The van der Waals surface area contributed by atoms with Crippen molar-refractivity contribution in [1.82, 2.24) is 4.90 Å². The summed E-state index contributed by atoms with van der Waals surface area (Å²) in [7, 11) is -0.545. The second kappa shape index (κ2) is 10.8. The van der Waals surface area contributed by atoms with Crippen LogP contribution in [0.2, 0.25) is 18.1 Å². The Labute approximate surface area is 184 Å². The molecule has 1 aliphatic heterocycles. The minimum atomic E-state index is -1.95. The van der Waals surface area contributed by atoms with Crippen LogP contribution in [-0.4, -0.2) is 56.7 Å². The summed E-state index contributed by atoms with van der Waals surface area (Å²) < 4.78 is 17.0. The van der Waals surface area contributed by atoms with Crippen molar-refractivity contribution in [3.63, 3.8) is 0 Å². The molecule has 1 aliphatic rings. The number of rotatable bonds is 8. The van der Waals surface area contributed by atoms with Gasteiger partial charge < -0.3 is 18.8 Å². The lowest BCUT2D eigenvalue weighted by atomic mass is 10.1. The third-order valence-electron chi connectivity index (χ3n) is 5.89. The molecule has 6 nitrogen and oxygen atoms in total. The van der Waals surface area contributed by atoms with Crippen LogP contribution in [0.5, 0.6) is 0 Å². The molecule has 0 aromatic heterocycles. The molecule has 1 heterocycles. The Bertz CT molecular complexity index is 604. The highest BCUT2D eigenvalue weighted by atomic mass is 28.4. The minimum absolute atomic E-state index is 0.0122. The molecule has 174 valence electrons. The largest absolute Gasteiger partial charge is 0.469 e. The molecular weight excluding hydrogens is 398 g/mol. The van der Waals surface area contributed by atoms with Crippen molar-refractivity contribution in [2.75, 3.05) is 13.7 Å². The quantitative estimate of drug-likeness (QED) is 0.210. The molecule has 0 N–H and O–H groups in total. The maximum Gasteiger partial charge on any atom is 0.410 e. The zero-order valence-electron chi connectivity index (χ0n) is 20.5. The van der Waals surface area contributed by atoms with Gasteiger partial charge >= 0.3 is 12.1 Å². The van der Waals surface area contributed by atoms with Crippen LogP contribution >= 0.6 is 0 Å². The summed E-state index contributed by atoms with van der Waals surface area (Å²) in [6.45, 7) is 17.5. The smallest absolute Gasteiger partial charge is 0.410 e. The Morgan fingerprint density at radius 3 is 2.27 bits per heavy atom. The second-order valence-corrected chi connectivity index (χ2v) is 15.4. The summed E-state index contributed by atoms with van der Waals surface area (Å²) in [5.41, 5.74) is -0.524. The predicted molar refractivity (Wildman–Crippen MR) is 123 cm³/mol. The number of hydrogen-bond acceptors (Lipinski definition) is 5. The monoisotopic (exact) mass is 441 g/mol. The van der Waals surface area contributed by atoms with Gasteiger partial charge in [0.15, 0.2) is 8.32 Å². The van der Waals surface area contributed by atoms with Crippen molar-refractivity contribution in [2.24, 2.45) is 0 Å². The van der Waals surface area contributed by atoms with E-state index < -0.39 is 13.9 Å². The minimum Gasteiger partial charge on any atom is -0.469 e. The topological polar surface area (TPSA) is 65.1 Å². The lowest BCUT2D eigenvalue weighted by Crippen LogP contribution is -2.49. The summed E-state index contributed by atoms with van der Waals surface area (Å²) >= 11 is 0. The molecule has 0 radical (unpaired) electrons. The fourth-order valence-corrected chi connectivity index (χ4v) is 4.55. The van der Waals surface area contributed by atoms with E-state index in [1.807, 2.05) is 25.7 Å². The molecule has 7 heteroatoms. The van der Waals surface area contributed by atoms with Crippen molar-refractivity contribution in [3.05, 3.63) is 12.2 Å². The average Bonchev–Trinajstić information content (AvgIpc) is 2.97. The number of ether oxygens (including phenoxy) is 2. The summed E-state index contributed by atoms with van der Waals surface area (Å²) in [5.74, 6) is -0.182. The molecule has 30 heavy (non-hydrogen) atoms. The fraction of sp³-hybridized carbons (Fsp3) is 0.826.